The molecule has 5 heteroatoms. The van der Waals surface area contributed by atoms with Gasteiger partial charge in [-0.25, -0.2) is 4.39 Å². The molecule has 0 aromatic heterocycles. The quantitative estimate of drug-likeness (QED) is 0.929. The van der Waals surface area contributed by atoms with E-state index in [1.54, 1.807) is 0 Å². The Bertz CT molecular complexity index is 444. The largest absolute Gasteiger partial charge is 0.493 e. The molecule has 0 amide bonds. The maximum absolute atomic E-state index is 13.7. The van der Waals surface area contributed by atoms with Crippen LogP contribution in [0.25, 0.3) is 0 Å². The van der Waals surface area contributed by atoms with Crippen LogP contribution >= 0.6 is 15.9 Å². The summed E-state index contributed by atoms with van der Waals surface area (Å²) in [4.78, 5) is 0. The number of benzene rings is 1. The molecule has 1 saturated carbocycles. The van der Waals surface area contributed by atoms with E-state index in [-0.39, 0.29) is 0 Å². The molecule has 0 bridgehead atoms. The van der Waals surface area contributed by atoms with Crippen LogP contribution in [0.5, 0.6) is 11.5 Å². The Morgan fingerprint density at radius 2 is 2.06 bits per heavy atom. The lowest BCUT2D eigenvalue weighted by atomic mass is 10.0. The molecule has 1 aromatic rings. The molecule has 0 aliphatic heterocycles. The molecule has 1 aliphatic carbocycles. The van der Waals surface area contributed by atoms with Crippen LogP contribution in [0.3, 0.4) is 0 Å². The number of ether oxygens (including phenoxy) is 2. The fourth-order valence-electron chi connectivity index (χ4n) is 1.82. The van der Waals surface area contributed by atoms with E-state index in [0.717, 1.165) is 12.8 Å². The Hall–Kier alpha value is -0.810. The van der Waals surface area contributed by atoms with Crippen molar-refractivity contribution in [2.24, 2.45) is 0 Å². The molecule has 0 atom stereocenters. The molecule has 0 radical (unpaired) electrons. The standard InChI is InChI=1S/C12H14BrFO3/c1-16-9-5-8(14)10(13)7(11(9)17-2)6-12(15)3-4-12/h5,15H,3-4,6H2,1-2H3. The average molecular weight is 305 g/mol. The molecule has 17 heavy (non-hydrogen) atoms. The molecule has 3 nitrogen and oxygen atoms in total. The molecule has 0 saturated heterocycles. The van der Waals surface area contributed by atoms with Crippen molar-refractivity contribution >= 4 is 15.9 Å². The van der Waals surface area contributed by atoms with E-state index in [1.165, 1.54) is 20.3 Å². The van der Waals surface area contributed by atoms with Gasteiger partial charge in [-0.1, -0.05) is 0 Å². The number of rotatable bonds is 4. The first-order chi connectivity index (χ1) is 8.00. The van der Waals surface area contributed by atoms with E-state index in [2.05, 4.69) is 15.9 Å². The van der Waals surface area contributed by atoms with E-state index in [4.69, 9.17) is 9.47 Å². The van der Waals surface area contributed by atoms with Gasteiger partial charge in [0.05, 0.1) is 24.3 Å². The maximum atomic E-state index is 13.7. The number of hydrogen-bond donors (Lipinski definition) is 1. The Kier molecular flexibility index (Phi) is 3.32. The van der Waals surface area contributed by atoms with Crippen LogP contribution in [0, 0.1) is 5.82 Å². The van der Waals surface area contributed by atoms with Crippen molar-refractivity contribution in [3.05, 3.63) is 21.9 Å². The third-order valence-corrected chi connectivity index (χ3v) is 3.84. The lowest BCUT2D eigenvalue weighted by Gasteiger charge is -2.17. The first kappa shape index (κ1) is 12.6. The van der Waals surface area contributed by atoms with Crippen molar-refractivity contribution in [1.82, 2.24) is 0 Å². The number of halogens is 2. The first-order valence-corrected chi connectivity index (χ1v) is 6.11. The summed E-state index contributed by atoms with van der Waals surface area (Å²) >= 11 is 3.19. The summed E-state index contributed by atoms with van der Waals surface area (Å²) in [6.45, 7) is 0. The van der Waals surface area contributed by atoms with Crippen LogP contribution in [0.2, 0.25) is 0 Å². The highest BCUT2D eigenvalue weighted by Crippen LogP contribution is 2.45. The maximum Gasteiger partial charge on any atom is 0.165 e. The van der Waals surface area contributed by atoms with E-state index in [1.807, 2.05) is 0 Å². The van der Waals surface area contributed by atoms with Gasteiger partial charge in [0.25, 0.3) is 0 Å². The summed E-state index contributed by atoms with van der Waals surface area (Å²) in [5.74, 6) is 0.399. The third kappa shape index (κ3) is 2.40. The monoisotopic (exact) mass is 304 g/mol. The number of methoxy groups -OCH3 is 2. The number of hydrogen-bond acceptors (Lipinski definition) is 3. The molecule has 1 aliphatic rings. The second-order valence-corrected chi connectivity index (χ2v) is 5.08. The van der Waals surface area contributed by atoms with Crippen LogP contribution in [0.1, 0.15) is 18.4 Å². The highest BCUT2D eigenvalue weighted by molar-refractivity contribution is 9.10. The Labute approximate surface area is 108 Å². The van der Waals surface area contributed by atoms with Gasteiger partial charge < -0.3 is 14.6 Å². The summed E-state index contributed by atoms with van der Waals surface area (Å²) in [5, 5.41) is 9.94. The van der Waals surface area contributed by atoms with Crippen LogP contribution < -0.4 is 9.47 Å². The summed E-state index contributed by atoms with van der Waals surface area (Å²) < 4.78 is 24.3. The normalized spacial score (nSPS) is 16.8. The minimum atomic E-state index is -0.714. The zero-order valence-electron chi connectivity index (χ0n) is 9.72. The zero-order valence-corrected chi connectivity index (χ0v) is 11.3. The van der Waals surface area contributed by atoms with Crippen LogP contribution in [0.4, 0.5) is 4.39 Å². The van der Waals surface area contributed by atoms with Crippen LogP contribution in [-0.2, 0) is 6.42 Å². The Morgan fingerprint density at radius 3 is 2.53 bits per heavy atom. The first-order valence-electron chi connectivity index (χ1n) is 5.32. The fourth-order valence-corrected chi connectivity index (χ4v) is 2.25. The molecule has 0 unspecified atom stereocenters. The lowest BCUT2D eigenvalue weighted by Crippen LogP contribution is -2.13. The summed E-state index contributed by atoms with van der Waals surface area (Å²) in [5.41, 5.74) is -0.0985. The van der Waals surface area contributed by atoms with E-state index < -0.39 is 11.4 Å². The highest BCUT2D eigenvalue weighted by Gasteiger charge is 2.42. The van der Waals surface area contributed by atoms with Crippen LogP contribution in [-0.4, -0.2) is 24.9 Å². The number of aliphatic hydroxyl groups is 1. The molecule has 2 rings (SSSR count). The Balaban J connectivity index is 2.48. The SMILES string of the molecule is COc1cc(F)c(Br)c(CC2(O)CC2)c1OC. The van der Waals surface area contributed by atoms with Crippen LogP contribution in [0.15, 0.2) is 10.5 Å². The highest BCUT2D eigenvalue weighted by atomic mass is 79.9. The van der Waals surface area contributed by atoms with Gasteiger partial charge in [-0.05, 0) is 28.8 Å². The smallest absolute Gasteiger partial charge is 0.165 e. The van der Waals surface area contributed by atoms with E-state index >= 15 is 0 Å². The van der Waals surface area contributed by atoms with Gasteiger partial charge in [0.1, 0.15) is 5.82 Å². The molecule has 94 valence electrons. The minimum Gasteiger partial charge on any atom is -0.493 e. The van der Waals surface area contributed by atoms with Crippen molar-refractivity contribution < 1.29 is 19.0 Å². The van der Waals surface area contributed by atoms with Gasteiger partial charge in [0.2, 0.25) is 0 Å². The molecule has 1 fully saturated rings. The van der Waals surface area contributed by atoms with E-state index in [0.29, 0.717) is 28.0 Å². The van der Waals surface area contributed by atoms with Gasteiger partial charge in [-0.2, -0.15) is 0 Å². The lowest BCUT2D eigenvalue weighted by molar-refractivity contribution is 0.149. The molecular formula is C12H14BrFO3. The minimum absolute atomic E-state index is 0.329. The fraction of sp³-hybridized carbons (Fsp3) is 0.500. The van der Waals surface area contributed by atoms with Crippen molar-refractivity contribution in [2.45, 2.75) is 24.9 Å². The molecule has 1 N–H and O–H groups in total. The average Bonchev–Trinajstić information content (AvgIpc) is 3.02. The van der Waals surface area contributed by atoms with Gasteiger partial charge in [-0.15, -0.1) is 0 Å². The predicted molar refractivity (Wildman–Crippen MR) is 65.1 cm³/mol. The Morgan fingerprint density at radius 1 is 1.41 bits per heavy atom. The van der Waals surface area contributed by atoms with Crippen molar-refractivity contribution in [3.8, 4) is 11.5 Å². The summed E-state index contributed by atoms with van der Waals surface area (Å²) in [6.07, 6.45) is 1.84. The van der Waals surface area contributed by atoms with Gasteiger partial charge in [0.15, 0.2) is 11.5 Å². The molecule has 0 spiro atoms. The topological polar surface area (TPSA) is 38.7 Å². The zero-order chi connectivity index (χ0) is 12.6. The second kappa shape index (κ2) is 4.46. The van der Waals surface area contributed by atoms with Crippen molar-refractivity contribution in [2.75, 3.05) is 14.2 Å². The molecule has 1 aromatic carbocycles. The van der Waals surface area contributed by atoms with Crippen molar-refractivity contribution in [3.63, 3.8) is 0 Å². The van der Waals surface area contributed by atoms with Gasteiger partial charge in [0, 0.05) is 18.1 Å². The molecule has 0 heterocycles. The van der Waals surface area contributed by atoms with Gasteiger partial charge in [-0.3, -0.25) is 0 Å². The van der Waals surface area contributed by atoms with E-state index in [9.17, 15) is 9.50 Å². The third-order valence-electron chi connectivity index (χ3n) is 2.99. The van der Waals surface area contributed by atoms with Gasteiger partial charge >= 0.3 is 0 Å². The predicted octanol–water partition coefficient (Wildman–Crippen LogP) is 2.67. The second-order valence-electron chi connectivity index (χ2n) is 4.29. The summed E-state index contributed by atoms with van der Waals surface area (Å²) in [6, 6.07) is 1.27. The molecular weight excluding hydrogens is 291 g/mol. The summed E-state index contributed by atoms with van der Waals surface area (Å²) in [7, 11) is 2.96. The van der Waals surface area contributed by atoms with Crippen molar-refractivity contribution in [1.29, 1.82) is 0 Å².